The molecule has 6 nitrogen and oxygen atoms in total. The average Bonchev–Trinajstić information content (AvgIpc) is 3.21. The second-order valence-corrected chi connectivity index (χ2v) is 8.23. The molecule has 0 radical (unpaired) electrons. The van der Waals surface area contributed by atoms with Crippen molar-refractivity contribution in [1.82, 2.24) is 14.7 Å². The normalized spacial score (nSPS) is 15.0. The third-order valence-electron chi connectivity index (χ3n) is 5.54. The Morgan fingerprint density at radius 2 is 1.79 bits per heavy atom. The minimum absolute atomic E-state index is 0.177. The highest BCUT2D eigenvalue weighted by Gasteiger charge is 2.31. The molecule has 33 heavy (non-hydrogen) atoms. The van der Waals surface area contributed by atoms with Crippen LogP contribution >= 0.6 is 11.6 Å². The molecule has 1 N–H and O–H groups in total. The van der Waals surface area contributed by atoms with E-state index in [1.54, 1.807) is 29.1 Å². The summed E-state index contributed by atoms with van der Waals surface area (Å²) < 4.78 is 40.6. The Bertz CT molecular complexity index is 1110. The summed E-state index contributed by atoms with van der Waals surface area (Å²) in [6, 6.07) is 14.5. The predicted octanol–water partition coefficient (Wildman–Crippen LogP) is 4.36. The van der Waals surface area contributed by atoms with Gasteiger partial charge in [0.15, 0.2) is 0 Å². The number of carbonyl (C=O) groups excluding carboxylic acids is 1. The molecule has 1 amide bonds. The van der Waals surface area contributed by atoms with E-state index in [-0.39, 0.29) is 12.5 Å². The summed E-state index contributed by atoms with van der Waals surface area (Å²) >= 11 is 6.22. The smallest absolute Gasteiger partial charge is 0.369 e. The molecule has 2 heterocycles. The maximum atomic E-state index is 13.0. The topological polar surface area (TPSA) is 53.4 Å². The molecular formula is C23H23ClF3N5O. The van der Waals surface area contributed by atoms with E-state index in [9.17, 15) is 18.0 Å². The summed E-state index contributed by atoms with van der Waals surface area (Å²) in [4.78, 5) is 16.5. The van der Waals surface area contributed by atoms with Crippen LogP contribution in [0.4, 0.5) is 24.7 Å². The fourth-order valence-electron chi connectivity index (χ4n) is 3.78. The standard InChI is InChI=1S/C23H23ClF3N5O/c24-20-7-2-1-4-17(20)15-32-21(8-9-28-32)29-22(33)16-30-10-12-31(13-11-30)19-6-3-5-18(14-19)23(25,26)27/h1-9,14H,10-13,15-16H2,(H,29,33). The van der Waals surface area contributed by atoms with Crippen LogP contribution < -0.4 is 10.2 Å². The monoisotopic (exact) mass is 477 g/mol. The number of aromatic nitrogens is 2. The van der Waals surface area contributed by atoms with Crippen LogP contribution in [0.5, 0.6) is 0 Å². The highest BCUT2D eigenvalue weighted by molar-refractivity contribution is 6.31. The van der Waals surface area contributed by atoms with Gasteiger partial charge in [-0.15, -0.1) is 0 Å². The van der Waals surface area contributed by atoms with Gasteiger partial charge >= 0.3 is 6.18 Å². The van der Waals surface area contributed by atoms with Crippen molar-refractivity contribution in [2.45, 2.75) is 12.7 Å². The van der Waals surface area contributed by atoms with Crippen molar-refractivity contribution < 1.29 is 18.0 Å². The summed E-state index contributed by atoms with van der Waals surface area (Å²) in [6.45, 7) is 2.84. The number of hydrogen-bond acceptors (Lipinski definition) is 4. The van der Waals surface area contributed by atoms with Gasteiger partial charge in [0, 0.05) is 43.0 Å². The number of benzene rings is 2. The molecule has 0 atom stereocenters. The number of piperazine rings is 1. The molecule has 2 aromatic carbocycles. The van der Waals surface area contributed by atoms with E-state index in [1.165, 1.54) is 12.1 Å². The lowest BCUT2D eigenvalue weighted by Gasteiger charge is -2.36. The minimum atomic E-state index is -4.37. The Morgan fingerprint density at radius 3 is 2.52 bits per heavy atom. The number of alkyl halides is 3. The van der Waals surface area contributed by atoms with Gasteiger partial charge in [0.1, 0.15) is 5.82 Å². The lowest BCUT2D eigenvalue weighted by molar-refractivity contribution is -0.137. The number of carbonyl (C=O) groups is 1. The summed E-state index contributed by atoms with van der Waals surface area (Å²) in [5.74, 6) is 0.394. The van der Waals surface area contributed by atoms with Gasteiger partial charge in [-0.1, -0.05) is 35.9 Å². The summed E-state index contributed by atoms with van der Waals surface area (Å²) in [5, 5.41) is 7.77. The molecule has 4 rings (SSSR count). The van der Waals surface area contributed by atoms with E-state index in [0.29, 0.717) is 49.3 Å². The SMILES string of the molecule is O=C(CN1CCN(c2cccc(C(F)(F)F)c2)CC1)Nc1ccnn1Cc1ccccc1Cl. The van der Waals surface area contributed by atoms with Gasteiger partial charge in [0.25, 0.3) is 0 Å². The Kier molecular flexibility index (Phi) is 6.90. The zero-order valence-electron chi connectivity index (χ0n) is 17.7. The maximum Gasteiger partial charge on any atom is 0.416 e. The van der Waals surface area contributed by atoms with Crippen molar-refractivity contribution in [2.75, 3.05) is 42.9 Å². The van der Waals surface area contributed by atoms with Crippen LogP contribution in [0.2, 0.25) is 5.02 Å². The number of rotatable bonds is 6. The van der Waals surface area contributed by atoms with Crippen LogP contribution in [0, 0.1) is 0 Å². The third kappa shape index (κ3) is 5.85. The van der Waals surface area contributed by atoms with Gasteiger partial charge in [0.05, 0.1) is 24.8 Å². The molecule has 1 aliphatic rings. The Balaban J connectivity index is 1.30. The summed E-state index contributed by atoms with van der Waals surface area (Å²) in [6.07, 6.45) is -2.76. The van der Waals surface area contributed by atoms with E-state index < -0.39 is 11.7 Å². The molecule has 0 bridgehead atoms. The Labute approximate surface area is 194 Å². The number of nitrogens with one attached hydrogen (secondary N) is 1. The fourth-order valence-corrected chi connectivity index (χ4v) is 3.98. The van der Waals surface area contributed by atoms with Crippen LogP contribution in [0.25, 0.3) is 0 Å². The predicted molar refractivity (Wildman–Crippen MR) is 122 cm³/mol. The van der Waals surface area contributed by atoms with E-state index in [0.717, 1.165) is 11.6 Å². The van der Waals surface area contributed by atoms with Crippen molar-refractivity contribution in [3.05, 3.63) is 76.9 Å². The number of halogens is 4. The van der Waals surface area contributed by atoms with Gasteiger partial charge in [-0.2, -0.15) is 18.3 Å². The molecule has 0 spiro atoms. The molecule has 1 saturated heterocycles. The zero-order chi connectivity index (χ0) is 23.4. The molecule has 1 aromatic heterocycles. The lowest BCUT2D eigenvalue weighted by Crippen LogP contribution is -2.48. The van der Waals surface area contributed by atoms with Crippen LogP contribution in [0.3, 0.4) is 0 Å². The highest BCUT2D eigenvalue weighted by Crippen LogP contribution is 2.31. The van der Waals surface area contributed by atoms with Gasteiger partial charge in [-0.25, -0.2) is 4.68 Å². The number of anilines is 2. The van der Waals surface area contributed by atoms with Gasteiger partial charge < -0.3 is 10.2 Å². The first-order valence-corrected chi connectivity index (χ1v) is 10.9. The first-order valence-electron chi connectivity index (χ1n) is 10.5. The van der Waals surface area contributed by atoms with Gasteiger partial charge in [0.2, 0.25) is 5.91 Å². The quantitative estimate of drug-likeness (QED) is 0.573. The van der Waals surface area contributed by atoms with Gasteiger partial charge in [-0.3, -0.25) is 9.69 Å². The lowest BCUT2D eigenvalue weighted by atomic mass is 10.1. The molecule has 0 aliphatic carbocycles. The van der Waals surface area contributed by atoms with Crippen molar-refractivity contribution in [1.29, 1.82) is 0 Å². The first-order chi connectivity index (χ1) is 15.8. The Morgan fingerprint density at radius 1 is 1.03 bits per heavy atom. The molecule has 0 saturated carbocycles. The van der Waals surface area contributed by atoms with Crippen molar-refractivity contribution in [3.63, 3.8) is 0 Å². The first kappa shape index (κ1) is 23.1. The molecule has 174 valence electrons. The number of amides is 1. The van der Waals surface area contributed by atoms with Crippen molar-refractivity contribution >= 4 is 29.0 Å². The van der Waals surface area contributed by atoms with E-state index in [4.69, 9.17) is 11.6 Å². The summed E-state index contributed by atoms with van der Waals surface area (Å²) in [5.41, 5.74) is 0.775. The van der Waals surface area contributed by atoms with Crippen LogP contribution in [-0.2, 0) is 17.5 Å². The average molecular weight is 478 g/mol. The van der Waals surface area contributed by atoms with E-state index in [2.05, 4.69) is 10.4 Å². The van der Waals surface area contributed by atoms with Crippen molar-refractivity contribution in [2.24, 2.45) is 0 Å². The van der Waals surface area contributed by atoms with Crippen LogP contribution in [-0.4, -0.2) is 53.3 Å². The molecular weight excluding hydrogens is 455 g/mol. The molecule has 1 fully saturated rings. The molecule has 10 heteroatoms. The maximum absolute atomic E-state index is 13.0. The number of hydrogen-bond donors (Lipinski definition) is 1. The zero-order valence-corrected chi connectivity index (χ0v) is 18.5. The second-order valence-electron chi connectivity index (χ2n) is 7.82. The molecule has 0 unspecified atom stereocenters. The number of nitrogens with zero attached hydrogens (tertiary/aromatic N) is 4. The van der Waals surface area contributed by atoms with E-state index >= 15 is 0 Å². The molecule has 1 aliphatic heterocycles. The van der Waals surface area contributed by atoms with E-state index in [1.807, 2.05) is 28.0 Å². The highest BCUT2D eigenvalue weighted by atomic mass is 35.5. The van der Waals surface area contributed by atoms with Crippen molar-refractivity contribution in [3.8, 4) is 0 Å². The fraction of sp³-hybridized carbons (Fsp3) is 0.304. The summed E-state index contributed by atoms with van der Waals surface area (Å²) in [7, 11) is 0. The minimum Gasteiger partial charge on any atom is -0.369 e. The molecule has 3 aromatic rings. The van der Waals surface area contributed by atoms with Crippen LogP contribution in [0.1, 0.15) is 11.1 Å². The third-order valence-corrected chi connectivity index (χ3v) is 5.91. The van der Waals surface area contributed by atoms with Gasteiger partial charge in [-0.05, 0) is 29.8 Å². The Hall–Kier alpha value is -3.04. The second kappa shape index (κ2) is 9.84. The van der Waals surface area contributed by atoms with Crippen LogP contribution in [0.15, 0.2) is 60.8 Å². The largest absolute Gasteiger partial charge is 0.416 e.